The lowest BCUT2D eigenvalue weighted by Gasteiger charge is -2.16. The highest BCUT2D eigenvalue weighted by Gasteiger charge is 2.22. The van der Waals surface area contributed by atoms with Crippen LogP contribution in [0.2, 0.25) is 0 Å². The molecule has 10 nitrogen and oxygen atoms in total. The van der Waals surface area contributed by atoms with E-state index in [0.717, 1.165) is 12.1 Å². The van der Waals surface area contributed by atoms with Gasteiger partial charge in [-0.05, 0) is 36.4 Å². The van der Waals surface area contributed by atoms with Crippen molar-refractivity contribution >= 4 is 35.0 Å². The number of anilines is 2. The van der Waals surface area contributed by atoms with Crippen LogP contribution in [0.4, 0.5) is 11.4 Å². The Morgan fingerprint density at radius 2 is 0.875 bits per heavy atom. The lowest BCUT2D eigenvalue weighted by molar-refractivity contribution is 0.0699. The van der Waals surface area contributed by atoms with E-state index in [1.54, 1.807) is 36.4 Å². The van der Waals surface area contributed by atoms with Gasteiger partial charge in [0, 0.05) is 11.1 Å². The van der Waals surface area contributed by atoms with Gasteiger partial charge in [0.05, 0.1) is 22.5 Å². The third-order valence-corrected chi connectivity index (χ3v) is 4.42. The third-order valence-electron chi connectivity index (χ3n) is 4.42. The molecule has 0 saturated carbocycles. The minimum atomic E-state index is -1.00. The fourth-order valence-corrected chi connectivity index (χ4v) is 2.87. The monoisotopic (exact) mass is 434 g/mol. The number of hydrogen-bond acceptors (Lipinski definition) is 6. The van der Waals surface area contributed by atoms with Crippen molar-refractivity contribution in [3.8, 4) is 0 Å². The van der Waals surface area contributed by atoms with E-state index in [0.29, 0.717) is 0 Å². The molecular weight excluding hydrogens is 416 g/mol. The van der Waals surface area contributed by atoms with Gasteiger partial charge in [-0.2, -0.15) is 0 Å². The Bertz CT molecular complexity index is 1070. The van der Waals surface area contributed by atoms with Crippen molar-refractivity contribution < 1.29 is 29.6 Å². The van der Waals surface area contributed by atoms with Crippen molar-refractivity contribution in [3.05, 3.63) is 95.1 Å². The van der Waals surface area contributed by atoms with Gasteiger partial charge in [-0.15, -0.1) is 0 Å². The molecule has 4 amide bonds. The van der Waals surface area contributed by atoms with Crippen LogP contribution in [0.5, 0.6) is 0 Å². The molecule has 0 saturated heterocycles. The van der Waals surface area contributed by atoms with Gasteiger partial charge in [0.25, 0.3) is 23.6 Å². The van der Waals surface area contributed by atoms with Crippen LogP contribution in [0.3, 0.4) is 0 Å². The minimum absolute atomic E-state index is 0.137. The first-order valence-corrected chi connectivity index (χ1v) is 9.24. The average molecular weight is 434 g/mol. The van der Waals surface area contributed by atoms with E-state index >= 15 is 0 Å². The Morgan fingerprint density at radius 1 is 0.531 bits per heavy atom. The fraction of sp³-hybridized carbons (Fsp3) is 0. The van der Waals surface area contributed by atoms with Crippen LogP contribution >= 0.6 is 0 Å². The van der Waals surface area contributed by atoms with Crippen LogP contribution in [0.25, 0.3) is 0 Å². The van der Waals surface area contributed by atoms with E-state index < -0.39 is 23.6 Å². The summed E-state index contributed by atoms with van der Waals surface area (Å²) in [6.07, 6.45) is 0. The Kier molecular flexibility index (Phi) is 6.91. The molecule has 0 spiro atoms. The van der Waals surface area contributed by atoms with Crippen molar-refractivity contribution in [2.45, 2.75) is 0 Å². The van der Waals surface area contributed by atoms with Gasteiger partial charge in [-0.1, -0.05) is 36.4 Å². The zero-order valence-electron chi connectivity index (χ0n) is 16.5. The molecular formula is C22H18N4O6. The van der Waals surface area contributed by atoms with Crippen molar-refractivity contribution in [2.24, 2.45) is 0 Å². The second kappa shape index (κ2) is 9.98. The molecule has 0 aliphatic carbocycles. The lowest BCUT2D eigenvalue weighted by atomic mass is 10.0. The summed E-state index contributed by atoms with van der Waals surface area (Å²) in [7, 11) is 0. The van der Waals surface area contributed by atoms with Crippen LogP contribution in [-0.4, -0.2) is 34.0 Å². The largest absolute Gasteiger partial charge is 0.321 e. The maximum Gasteiger partial charge on any atom is 0.276 e. The summed E-state index contributed by atoms with van der Waals surface area (Å²) < 4.78 is 0. The number of amides is 4. The molecule has 0 unspecified atom stereocenters. The summed E-state index contributed by atoms with van der Waals surface area (Å²) >= 11 is 0. The fourth-order valence-electron chi connectivity index (χ4n) is 2.87. The highest BCUT2D eigenvalue weighted by molar-refractivity contribution is 6.14. The standard InChI is InChI=1S/C22H18N4O6/c27-19(13-7-3-1-4-8-13)23-17-11-16(22(30)26-32)18(12-15(17)21(29)25-31)24-20(28)14-9-5-2-6-10-14/h1-12,31-32H,(H,23,27)(H,24,28)(H,25,29)(H,26,30). The molecule has 0 atom stereocenters. The minimum Gasteiger partial charge on any atom is -0.321 e. The van der Waals surface area contributed by atoms with Gasteiger partial charge in [0.15, 0.2) is 0 Å². The van der Waals surface area contributed by atoms with E-state index in [4.69, 9.17) is 10.4 Å². The van der Waals surface area contributed by atoms with Crippen molar-refractivity contribution in [2.75, 3.05) is 10.6 Å². The summed E-state index contributed by atoms with van der Waals surface area (Å²) in [6.45, 7) is 0. The van der Waals surface area contributed by atoms with Gasteiger partial charge in [-0.3, -0.25) is 29.6 Å². The second-order valence-corrected chi connectivity index (χ2v) is 6.47. The number of nitrogens with one attached hydrogen (secondary N) is 4. The summed E-state index contributed by atoms with van der Waals surface area (Å²) in [4.78, 5) is 49.6. The molecule has 0 bridgehead atoms. The van der Waals surface area contributed by atoms with Gasteiger partial charge in [0.1, 0.15) is 0 Å². The Hall–Kier alpha value is -4.54. The van der Waals surface area contributed by atoms with Crippen molar-refractivity contribution in [1.29, 1.82) is 0 Å². The molecule has 3 aromatic rings. The Morgan fingerprint density at radius 3 is 1.19 bits per heavy atom. The molecule has 0 radical (unpaired) electrons. The maximum atomic E-state index is 12.6. The second-order valence-electron chi connectivity index (χ2n) is 6.47. The number of benzene rings is 3. The SMILES string of the molecule is O=C(Nc1cc(C(=O)NO)c(NC(=O)c2ccccc2)cc1C(=O)NO)c1ccccc1. The summed E-state index contributed by atoms with van der Waals surface area (Å²) in [6, 6.07) is 18.3. The molecule has 0 aliphatic rings. The zero-order chi connectivity index (χ0) is 23.1. The van der Waals surface area contributed by atoms with Gasteiger partial charge in [0.2, 0.25) is 0 Å². The molecule has 0 heterocycles. The topological polar surface area (TPSA) is 157 Å². The molecule has 0 fully saturated rings. The predicted molar refractivity (Wildman–Crippen MR) is 114 cm³/mol. The van der Waals surface area contributed by atoms with E-state index in [2.05, 4.69) is 10.6 Å². The summed E-state index contributed by atoms with van der Waals surface area (Å²) in [5.74, 6) is -3.18. The third kappa shape index (κ3) is 4.95. The van der Waals surface area contributed by atoms with E-state index in [9.17, 15) is 19.2 Å². The molecule has 10 heteroatoms. The first-order chi connectivity index (χ1) is 15.4. The highest BCUT2D eigenvalue weighted by Crippen LogP contribution is 2.27. The number of carbonyl (C=O) groups is 4. The van der Waals surface area contributed by atoms with Gasteiger partial charge in [-0.25, -0.2) is 11.0 Å². The number of rotatable bonds is 6. The molecule has 0 aromatic heterocycles. The van der Waals surface area contributed by atoms with Crippen LogP contribution in [0, 0.1) is 0 Å². The summed E-state index contributed by atoms with van der Waals surface area (Å²) in [5, 5.41) is 23.2. The van der Waals surface area contributed by atoms with E-state index in [1.165, 1.54) is 35.2 Å². The number of hydroxylamine groups is 2. The molecule has 162 valence electrons. The average Bonchev–Trinajstić information content (AvgIpc) is 2.84. The van der Waals surface area contributed by atoms with Crippen LogP contribution < -0.4 is 21.6 Å². The van der Waals surface area contributed by atoms with Crippen LogP contribution in [0.15, 0.2) is 72.8 Å². The molecule has 3 rings (SSSR count). The van der Waals surface area contributed by atoms with E-state index in [1.807, 2.05) is 0 Å². The quantitative estimate of drug-likeness (QED) is 0.258. The first kappa shape index (κ1) is 22.2. The molecule has 0 aliphatic heterocycles. The Balaban J connectivity index is 2.05. The Labute approximate surface area is 181 Å². The van der Waals surface area contributed by atoms with Gasteiger partial charge >= 0.3 is 0 Å². The zero-order valence-corrected chi connectivity index (χ0v) is 16.5. The van der Waals surface area contributed by atoms with Gasteiger partial charge < -0.3 is 10.6 Å². The predicted octanol–water partition coefficient (Wildman–Crippen LogP) is 2.43. The first-order valence-electron chi connectivity index (χ1n) is 9.24. The van der Waals surface area contributed by atoms with Crippen LogP contribution in [-0.2, 0) is 0 Å². The normalized spacial score (nSPS) is 10.1. The maximum absolute atomic E-state index is 12.6. The molecule has 3 aromatic carbocycles. The van der Waals surface area contributed by atoms with Crippen molar-refractivity contribution in [3.63, 3.8) is 0 Å². The molecule has 6 N–H and O–H groups in total. The lowest BCUT2D eigenvalue weighted by Crippen LogP contribution is -2.26. The van der Waals surface area contributed by atoms with Crippen molar-refractivity contribution in [1.82, 2.24) is 11.0 Å². The number of hydrogen-bond donors (Lipinski definition) is 6. The highest BCUT2D eigenvalue weighted by atomic mass is 16.5. The molecule has 32 heavy (non-hydrogen) atoms. The number of carbonyl (C=O) groups excluding carboxylic acids is 4. The smallest absolute Gasteiger partial charge is 0.276 e. The summed E-state index contributed by atoms with van der Waals surface area (Å²) in [5.41, 5.74) is 2.71. The van der Waals surface area contributed by atoms with E-state index in [-0.39, 0.29) is 33.6 Å². The van der Waals surface area contributed by atoms with Crippen LogP contribution in [0.1, 0.15) is 41.4 Å².